The van der Waals surface area contributed by atoms with E-state index in [1.807, 2.05) is 6.07 Å². The third kappa shape index (κ3) is 2.56. The molecule has 2 aliphatic rings. The van der Waals surface area contributed by atoms with Crippen molar-refractivity contribution in [3.8, 4) is 5.75 Å². The van der Waals surface area contributed by atoms with Gasteiger partial charge >= 0.3 is 0 Å². The molecule has 1 saturated carbocycles. The first kappa shape index (κ1) is 13.1. The Morgan fingerprint density at radius 3 is 3.00 bits per heavy atom. The number of nitrogens with two attached hydrogens (primary N) is 1. The Morgan fingerprint density at radius 2 is 2.26 bits per heavy atom. The highest BCUT2D eigenvalue weighted by Gasteiger charge is 2.31. The van der Waals surface area contributed by atoms with E-state index >= 15 is 0 Å². The topological polar surface area (TPSA) is 52.3 Å². The van der Waals surface area contributed by atoms with Crippen LogP contribution < -0.4 is 10.5 Å². The van der Waals surface area contributed by atoms with Crippen LogP contribution in [0.25, 0.3) is 0 Å². The molecule has 1 heterocycles. The predicted molar refractivity (Wildman–Crippen MR) is 77.4 cm³/mol. The van der Waals surface area contributed by atoms with E-state index in [0.717, 1.165) is 48.1 Å². The van der Waals surface area contributed by atoms with Gasteiger partial charge < -0.3 is 10.5 Å². The van der Waals surface area contributed by atoms with Crippen molar-refractivity contribution in [2.75, 3.05) is 6.61 Å². The van der Waals surface area contributed by atoms with Crippen LogP contribution in [0.1, 0.15) is 30.4 Å². The molecule has 1 fully saturated rings. The van der Waals surface area contributed by atoms with Crippen LogP contribution in [0.15, 0.2) is 16.6 Å². The lowest BCUT2D eigenvalue weighted by atomic mass is 9.93. The summed E-state index contributed by atoms with van der Waals surface area (Å²) >= 11 is 3.51. The summed E-state index contributed by atoms with van der Waals surface area (Å²) in [6.45, 7) is 0.718. The van der Waals surface area contributed by atoms with E-state index in [0.29, 0.717) is 6.42 Å². The molecule has 0 spiro atoms. The SMILES string of the molecule is NC1CCCC1C(=O)Cc1cc(Br)cc2c1OCC2. The van der Waals surface area contributed by atoms with Gasteiger partial charge in [-0.05, 0) is 30.5 Å². The number of ketones is 1. The minimum atomic E-state index is 0.0380. The summed E-state index contributed by atoms with van der Waals surface area (Å²) in [7, 11) is 0. The Morgan fingerprint density at radius 1 is 1.42 bits per heavy atom. The summed E-state index contributed by atoms with van der Waals surface area (Å²) in [6, 6.07) is 4.13. The van der Waals surface area contributed by atoms with Crippen molar-refractivity contribution < 1.29 is 9.53 Å². The van der Waals surface area contributed by atoms with Crippen molar-refractivity contribution in [3.05, 3.63) is 27.7 Å². The summed E-state index contributed by atoms with van der Waals surface area (Å²) < 4.78 is 6.69. The van der Waals surface area contributed by atoms with Crippen molar-refractivity contribution in [3.63, 3.8) is 0 Å². The van der Waals surface area contributed by atoms with E-state index in [2.05, 4.69) is 22.0 Å². The van der Waals surface area contributed by atoms with Gasteiger partial charge in [0.05, 0.1) is 6.61 Å². The fourth-order valence-electron chi connectivity index (χ4n) is 3.18. The zero-order valence-electron chi connectivity index (χ0n) is 10.8. The second-order valence-corrected chi connectivity index (χ2v) is 6.41. The fraction of sp³-hybridized carbons (Fsp3) is 0.533. The van der Waals surface area contributed by atoms with Gasteiger partial charge in [0, 0.05) is 34.8 Å². The number of ether oxygens (including phenoxy) is 1. The molecule has 0 bridgehead atoms. The molecule has 102 valence electrons. The van der Waals surface area contributed by atoms with Crippen LogP contribution in [0.4, 0.5) is 0 Å². The van der Waals surface area contributed by atoms with Crippen molar-refractivity contribution in [2.45, 2.75) is 38.1 Å². The number of hydrogen-bond donors (Lipinski definition) is 1. The third-order valence-corrected chi connectivity index (χ3v) is 4.63. The number of Topliss-reactive ketones (excluding diaryl/α,β-unsaturated/α-hetero) is 1. The highest BCUT2D eigenvalue weighted by molar-refractivity contribution is 9.10. The number of benzene rings is 1. The van der Waals surface area contributed by atoms with E-state index in [1.54, 1.807) is 0 Å². The summed E-state index contributed by atoms with van der Waals surface area (Å²) in [6.07, 6.45) is 4.37. The average Bonchev–Trinajstić information content (AvgIpc) is 2.97. The largest absolute Gasteiger partial charge is 0.493 e. The van der Waals surface area contributed by atoms with Gasteiger partial charge in [-0.2, -0.15) is 0 Å². The molecule has 2 N–H and O–H groups in total. The molecule has 1 aromatic carbocycles. The maximum Gasteiger partial charge on any atom is 0.142 e. The van der Waals surface area contributed by atoms with Gasteiger partial charge in [0.15, 0.2) is 0 Å². The molecular weight excluding hydrogens is 306 g/mol. The molecule has 0 radical (unpaired) electrons. The Bertz CT molecular complexity index is 515. The van der Waals surface area contributed by atoms with Crippen molar-refractivity contribution in [2.24, 2.45) is 11.7 Å². The summed E-state index contributed by atoms with van der Waals surface area (Å²) in [5.74, 6) is 1.22. The van der Waals surface area contributed by atoms with Crippen LogP contribution in [0.5, 0.6) is 5.75 Å². The first-order chi connectivity index (χ1) is 9.15. The molecule has 1 aliphatic heterocycles. The zero-order chi connectivity index (χ0) is 13.4. The van der Waals surface area contributed by atoms with Crippen LogP contribution in [0.2, 0.25) is 0 Å². The average molecular weight is 324 g/mol. The number of fused-ring (bicyclic) bond motifs is 1. The highest BCUT2D eigenvalue weighted by atomic mass is 79.9. The summed E-state index contributed by atoms with van der Waals surface area (Å²) in [5.41, 5.74) is 8.22. The van der Waals surface area contributed by atoms with Gasteiger partial charge in [-0.1, -0.05) is 22.4 Å². The van der Waals surface area contributed by atoms with Crippen LogP contribution in [0.3, 0.4) is 0 Å². The number of carbonyl (C=O) groups is 1. The van der Waals surface area contributed by atoms with Gasteiger partial charge in [-0.3, -0.25) is 4.79 Å². The molecule has 0 saturated heterocycles. The molecule has 2 unspecified atom stereocenters. The molecule has 0 amide bonds. The number of hydrogen-bond acceptors (Lipinski definition) is 3. The smallest absolute Gasteiger partial charge is 0.142 e. The van der Waals surface area contributed by atoms with Gasteiger partial charge in [-0.15, -0.1) is 0 Å². The van der Waals surface area contributed by atoms with Gasteiger partial charge in [0.2, 0.25) is 0 Å². The van der Waals surface area contributed by atoms with Crippen LogP contribution in [-0.4, -0.2) is 18.4 Å². The molecule has 1 aromatic rings. The quantitative estimate of drug-likeness (QED) is 0.930. The maximum absolute atomic E-state index is 12.4. The molecular formula is C15H18BrNO2. The van der Waals surface area contributed by atoms with Gasteiger partial charge in [0.25, 0.3) is 0 Å². The van der Waals surface area contributed by atoms with Crippen LogP contribution in [-0.2, 0) is 17.6 Å². The van der Waals surface area contributed by atoms with Crippen molar-refractivity contribution >= 4 is 21.7 Å². The van der Waals surface area contributed by atoms with Gasteiger partial charge in [-0.25, -0.2) is 0 Å². The fourth-order valence-corrected chi connectivity index (χ4v) is 3.74. The molecule has 19 heavy (non-hydrogen) atoms. The van der Waals surface area contributed by atoms with Gasteiger partial charge in [0.1, 0.15) is 11.5 Å². The van der Waals surface area contributed by atoms with Crippen LogP contribution >= 0.6 is 15.9 Å². The van der Waals surface area contributed by atoms with E-state index in [-0.39, 0.29) is 17.7 Å². The Hall–Kier alpha value is -0.870. The minimum absolute atomic E-state index is 0.0380. The third-order valence-electron chi connectivity index (χ3n) is 4.17. The maximum atomic E-state index is 12.4. The minimum Gasteiger partial charge on any atom is -0.493 e. The number of carbonyl (C=O) groups excluding carboxylic acids is 1. The monoisotopic (exact) mass is 323 g/mol. The van der Waals surface area contributed by atoms with Crippen LogP contribution in [0, 0.1) is 5.92 Å². The normalized spacial score (nSPS) is 25.2. The molecule has 3 nitrogen and oxygen atoms in total. The lowest BCUT2D eigenvalue weighted by Crippen LogP contribution is -2.31. The van der Waals surface area contributed by atoms with Crippen molar-refractivity contribution in [1.82, 2.24) is 0 Å². The summed E-state index contributed by atoms with van der Waals surface area (Å²) in [5, 5.41) is 0. The molecule has 0 aromatic heterocycles. The molecule has 1 aliphatic carbocycles. The summed E-state index contributed by atoms with van der Waals surface area (Å²) in [4.78, 5) is 12.4. The Balaban J connectivity index is 1.82. The second-order valence-electron chi connectivity index (χ2n) is 5.50. The highest BCUT2D eigenvalue weighted by Crippen LogP contribution is 2.34. The van der Waals surface area contributed by atoms with E-state index in [4.69, 9.17) is 10.5 Å². The molecule has 4 heteroatoms. The van der Waals surface area contributed by atoms with E-state index < -0.39 is 0 Å². The molecule has 2 atom stereocenters. The van der Waals surface area contributed by atoms with E-state index in [1.165, 1.54) is 5.56 Å². The first-order valence-corrected chi connectivity index (χ1v) is 7.67. The zero-order valence-corrected chi connectivity index (χ0v) is 12.4. The lowest BCUT2D eigenvalue weighted by molar-refractivity contribution is -0.122. The van der Waals surface area contributed by atoms with E-state index in [9.17, 15) is 4.79 Å². The number of rotatable bonds is 3. The number of halogens is 1. The first-order valence-electron chi connectivity index (χ1n) is 6.87. The standard InChI is InChI=1S/C15H18BrNO2/c16-11-6-9-4-5-19-15(9)10(7-11)8-14(18)12-2-1-3-13(12)17/h6-7,12-13H,1-5,8,17H2. The molecule has 3 rings (SSSR count). The predicted octanol–water partition coefficient (Wildman–Crippen LogP) is 2.62. The lowest BCUT2D eigenvalue weighted by Gasteiger charge is -2.15. The van der Waals surface area contributed by atoms with Crippen molar-refractivity contribution in [1.29, 1.82) is 0 Å². The Kier molecular flexibility index (Phi) is 3.63. The Labute approximate surface area is 121 Å². The second kappa shape index (κ2) is 5.25.